The van der Waals surface area contributed by atoms with Crippen LogP contribution in [0.5, 0.6) is 0 Å². The molecule has 0 amide bonds. The minimum absolute atomic E-state index is 0. The van der Waals surface area contributed by atoms with Crippen molar-refractivity contribution in [1.29, 1.82) is 0 Å². The van der Waals surface area contributed by atoms with Crippen LogP contribution in [0.1, 0.15) is 12.8 Å². The lowest BCUT2D eigenvalue weighted by Crippen LogP contribution is -2.48. The van der Waals surface area contributed by atoms with Crippen molar-refractivity contribution < 1.29 is 0 Å². The van der Waals surface area contributed by atoms with E-state index >= 15 is 0 Å². The summed E-state index contributed by atoms with van der Waals surface area (Å²) in [7, 11) is 0. The Hall–Kier alpha value is -0.870. The Morgan fingerprint density at radius 2 is 1.88 bits per heavy atom. The van der Waals surface area contributed by atoms with E-state index in [1.165, 1.54) is 18.5 Å². The molecule has 2 heterocycles. The quantitative estimate of drug-likeness (QED) is 0.798. The third-order valence-electron chi connectivity index (χ3n) is 3.84. The molecule has 4 nitrogen and oxygen atoms in total. The van der Waals surface area contributed by atoms with Gasteiger partial charge in [-0.3, -0.25) is 0 Å². The lowest BCUT2D eigenvalue weighted by Gasteiger charge is -2.37. The van der Waals surface area contributed by atoms with Crippen molar-refractivity contribution in [2.24, 2.45) is 17.6 Å². The van der Waals surface area contributed by atoms with Gasteiger partial charge < -0.3 is 10.6 Å². The fraction of sp³-hybridized carbons (Fsp3) is 0.636. The molecule has 16 heavy (non-hydrogen) atoms. The molecule has 88 valence electrons. The first-order chi connectivity index (χ1) is 7.34. The summed E-state index contributed by atoms with van der Waals surface area (Å²) in [6.45, 7) is 2.17. The number of nitrogens with two attached hydrogens (primary N) is 1. The van der Waals surface area contributed by atoms with Crippen molar-refractivity contribution in [3.63, 3.8) is 0 Å². The second-order valence-electron chi connectivity index (χ2n) is 4.68. The van der Waals surface area contributed by atoms with E-state index < -0.39 is 0 Å². The highest BCUT2D eigenvalue weighted by atomic mass is 35.5. The molecule has 5 heteroatoms. The van der Waals surface area contributed by atoms with Crippen molar-refractivity contribution in [3.8, 4) is 0 Å². The SMILES string of the molecule is Cl.N[C@@H]1[C@@H]2CC[C@H]1CN(c1ccnnc1)C2. The van der Waals surface area contributed by atoms with E-state index in [0.717, 1.165) is 13.1 Å². The zero-order chi connectivity index (χ0) is 10.3. The number of halogens is 1. The summed E-state index contributed by atoms with van der Waals surface area (Å²) in [5.41, 5.74) is 7.36. The van der Waals surface area contributed by atoms with Crippen LogP contribution in [-0.4, -0.2) is 29.3 Å². The number of anilines is 1. The van der Waals surface area contributed by atoms with Gasteiger partial charge in [-0.1, -0.05) is 0 Å². The Bertz CT molecular complexity index is 331. The summed E-state index contributed by atoms with van der Waals surface area (Å²) in [4.78, 5) is 2.40. The largest absolute Gasteiger partial charge is 0.370 e. The van der Waals surface area contributed by atoms with Gasteiger partial charge in [-0.2, -0.15) is 10.2 Å². The minimum Gasteiger partial charge on any atom is -0.370 e. The molecule has 0 radical (unpaired) electrons. The maximum absolute atomic E-state index is 6.17. The van der Waals surface area contributed by atoms with Crippen LogP contribution in [0, 0.1) is 11.8 Å². The van der Waals surface area contributed by atoms with Crippen LogP contribution in [0.2, 0.25) is 0 Å². The number of rotatable bonds is 1. The van der Waals surface area contributed by atoms with Gasteiger partial charge in [-0.05, 0) is 30.7 Å². The van der Waals surface area contributed by atoms with Crippen molar-refractivity contribution >= 4 is 18.1 Å². The zero-order valence-electron chi connectivity index (χ0n) is 9.12. The highest BCUT2D eigenvalue weighted by molar-refractivity contribution is 5.85. The summed E-state index contributed by atoms with van der Waals surface area (Å²) < 4.78 is 0. The predicted octanol–water partition coefficient (Wildman–Crippen LogP) is 1.07. The van der Waals surface area contributed by atoms with E-state index in [2.05, 4.69) is 15.1 Å². The van der Waals surface area contributed by atoms with Crippen LogP contribution in [0.25, 0.3) is 0 Å². The second-order valence-corrected chi connectivity index (χ2v) is 4.68. The van der Waals surface area contributed by atoms with Crippen LogP contribution < -0.4 is 10.6 Å². The molecule has 2 fully saturated rings. The third kappa shape index (κ3) is 1.87. The normalized spacial score (nSPS) is 32.3. The Morgan fingerprint density at radius 3 is 2.44 bits per heavy atom. The average molecular weight is 241 g/mol. The standard InChI is InChI=1S/C11H16N4.ClH/c12-11-8-1-2-9(11)7-15(6-8)10-3-4-13-14-5-10;/h3-5,8-9,11H,1-2,6-7,12H2;1H/t8-,9+,11-;. The van der Waals surface area contributed by atoms with E-state index in [-0.39, 0.29) is 12.4 Å². The maximum atomic E-state index is 6.17. The molecular formula is C11H17ClN4. The molecule has 1 aliphatic heterocycles. The molecule has 0 aromatic carbocycles. The van der Waals surface area contributed by atoms with Gasteiger partial charge in [0, 0.05) is 19.1 Å². The van der Waals surface area contributed by atoms with Crippen LogP contribution in [0.4, 0.5) is 5.69 Å². The molecule has 0 unspecified atom stereocenters. The summed E-state index contributed by atoms with van der Waals surface area (Å²) in [5, 5.41) is 7.73. The van der Waals surface area contributed by atoms with Gasteiger partial charge in [0.25, 0.3) is 0 Å². The Morgan fingerprint density at radius 1 is 1.19 bits per heavy atom. The van der Waals surface area contributed by atoms with E-state index in [1.807, 2.05) is 12.3 Å². The third-order valence-corrected chi connectivity index (χ3v) is 3.84. The molecule has 1 saturated heterocycles. The summed E-state index contributed by atoms with van der Waals surface area (Å²) in [5.74, 6) is 1.36. The molecule has 2 N–H and O–H groups in total. The van der Waals surface area contributed by atoms with Crippen LogP contribution in [0.3, 0.4) is 0 Å². The molecule has 1 aromatic rings. The molecule has 2 aliphatic rings. The fourth-order valence-electron chi connectivity index (χ4n) is 2.95. The summed E-state index contributed by atoms with van der Waals surface area (Å²) >= 11 is 0. The first kappa shape index (κ1) is 11.6. The molecule has 1 aromatic heterocycles. The van der Waals surface area contributed by atoms with E-state index in [0.29, 0.717) is 17.9 Å². The maximum Gasteiger partial charge on any atom is 0.0729 e. The lowest BCUT2D eigenvalue weighted by molar-refractivity contribution is 0.356. The predicted molar refractivity (Wildman–Crippen MR) is 65.7 cm³/mol. The van der Waals surface area contributed by atoms with Crippen LogP contribution in [-0.2, 0) is 0 Å². The average Bonchev–Trinajstić information content (AvgIpc) is 2.54. The van der Waals surface area contributed by atoms with Crippen molar-refractivity contribution in [2.75, 3.05) is 18.0 Å². The van der Waals surface area contributed by atoms with Gasteiger partial charge in [0.05, 0.1) is 18.1 Å². The molecule has 2 bridgehead atoms. The molecular weight excluding hydrogens is 224 g/mol. The number of piperidine rings is 1. The van der Waals surface area contributed by atoms with Crippen molar-refractivity contribution in [2.45, 2.75) is 18.9 Å². The van der Waals surface area contributed by atoms with Crippen molar-refractivity contribution in [3.05, 3.63) is 18.5 Å². The van der Waals surface area contributed by atoms with Gasteiger partial charge in [0.2, 0.25) is 0 Å². The van der Waals surface area contributed by atoms with Crippen LogP contribution >= 0.6 is 12.4 Å². The first-order valence-electron chi connectivity index (χ1n) is 5.62. The number of hydrogen-bond acceptors (Lipinski definition) is 4. The Labute approximate surface area is 102 Å². The zero-order valence-corrected chi connectivity index (χ0v) is 9.94. The fourth-order valence-corrected chi connectivity index (χ4v) is 2.95. The van der Waals surface area contributed by atoms with Gasteiger partial charge in [-0.25, -0.2) is 0 Å². The Balaban J connectivity index is 0.000000963. The molecule has 1 aliphatic carbocycles. The van der Waals surface area contributed by atoms with E-state index in [9.17, 15) is 0 Å². The van der Waals surface area contributed by atoms with Gasteiger partial charge >= 0.3 is 0 Å². The van der Waals surface area contributed by atoms with Gasteiger partial charge in [0.15, 0.2) is 0 Å². The molecule has 3 atom stereocenters. The highest BCUT2D eigenvalue weighted by Crippen LogP contribution is 2.37. The number of fused-ring (bicyclic) bond motifs is 2. The van der Waals surface area contributed by atoms with Gasteiger partial charge in [0.1, 0.15) is 0 Å². The highest BCUT2D eigenvalue weighted by Gasteiger charge is 2.39. The second kappa shape index (κ2) is 4.55. The molecule has 0 spiro atoms. The number of aromatic nitrogens is 2. The Kier molecular flexibility index (Phi) is 3.30. The molecule has 1 saturated carbocycles. The van der Waals surface area contributed by atoms with Gasteiger partial charge in [-0.15, -0.1) is 12.4 Å². The molecule has 3 rings (SSSR count). The van der Waals surface area contributed by atoms with E-state index in [4.69, 9.17) is 5.73 Å². The minimum atomic E-state index is 0. The summed E-state index contributed by atoms with van der Waals surface area (Å²) in [6, 6.07) is 2.46. The van der Waals surface area contributed by atoms with Crippen molar-refractivity contribution in [1.82, 2.24) is 10.2 Å². The first-order valence-corrected chi connectivity index (χ1v) is 5.62. The van der Waals surface area contributed by atoms with Crippen LogP contribution in [0.15, 0.2) is 18.5 Å². The topological polar surface area (TPSA) is 55.0 Å². The monoisotopic (exact) mass is 240 g/mol. The summed E-state index contributed by atoms with van der Waals surface area (Å²) in [6.07, 6.45) is 6.18. The number of nitrogens with zero attached hydrogens (tertiary/aromatic N) is 3. The smallest absolute Gasteiger partial charge is 0.0729 e. The lowest BCUT2D eigenvalue weighted by atomic mass is 9.93. The van der Waals surface area contributed by atoms with E-state index in [1.54, 1.807) is 6.20 Å². The number of hydrogen-bond donors (Lipinski definition) is 1.